The third kappa shape index (κ3) is 5.37. The molecule has 2 rings (SSSR count). The third-order valence-electron chi connectivity index (χ3n) is 4.14. The van der Waals surface area contributed by atoms with Crippen molar-refractivity contribution in [1.29, 1.82) is 0 Å². The van der Waals surface area contributed by atoms with Gasteiger partial charge >= 0.3 is 6.18 Å². The van der Waals surface area contributed by atoms with E-state index in [9.17, 15) is 26.7 Å². The minimum atomic E-state index is -4.40. The molecule has 11 heteroatoms. The molecule has 1 aliphatic heterocycles. The van der Waals surface area contributed by atoms with Crippen LogP contribution in [0.15, 0.2) is 0 Å². The van der Waals surface area contributed by atoms with E-state index < -0.39 is 37.6 Å². The summed E-state index contributed by atoms with van der Waals surface area (Å²) in [6.07, 6.45) is -7.05. The highest BCUT2D eigenvalue weighted by Gasteiger charge is 2.34. The lowest BCUT2D eigenvalue weighted by atomic mass is 10.0. The van der Waals surface area contributed by atoms with E-state index in [1.807, 2.05) is 0 Å². The van der Waals surface area contributed by atoms with Crippen molar-refractivity contribution < 1.29 is 31.5 Å². The predicted molar refractivity (Wildman–Crippen MR) is 81.9 cm³/mol. The second-order valence-electron chi connectivity index (χ2n) is 6.11. The van der Waals surface area contributed by atoms with Crippen LogP contribution in [-0.4, -0.2) is 66.0 Å². The summed E-state index contributed by atoms with van der Waals surface area (Å²) in [5.74, 6) is -0.574. The molecule has 26 heavy (non-hydrogen) atoms. The van der Waals surface area contributed by atoms with Crippen LogP contribution in [0, 0.1) is 13.8 Å². The fraction of sp³-hybridized carbons (Fsp3) is 0.733. The number of morpholine rings is 1. The first-order valence-electron chi connectivity index (χ1n) is 8.05. The van der Waals surface area contributed by atoms with Crippen molar-refractivity contribution in [2.45, 2.75) is 39.0 Å². The fourth-order valence-corrected chi connectivity index (χ4v) is 3.04. The van der Waals surface area contributed by atoms with Crippen LogP contribution < -0.4 is 5.32 Å². The van der Waals surface area contributed by atoms with Crippen LogP contribution in [-0.2, 0) is 16.1 Å². The first-order valence-corrected chi connectivity index (χ1v) is 8.05. The number of hydrogen-bond donors (Lipinski definition) is 1. The van der Waals surface area contributed by atoms with Gasteiger partial charge in [-0.25, -0.2) is 8.78 Å². The molecule has 6 nitrogen and oxygen atoms in total. The van der Waals surface area contributed by atoms with Crippen LogP contribution in [0.1, 0.15) is 23.0 Å². The Morgan fingerprint density at radius 1 is 1.38 bits per heavy atom. The van der Waals surface area contributed by atoms with Crippen LogP contribution in [0.4, 0.5) is 22.0 Å². The second-order valence-corrected chi connectivity index (χ2v) is 6.11. The monoisotopic (exact) mass is 384 g/mol. The van der Waals surface area contributed by atoms with E-state index in [0.717, 1.165) is 4.68 Å². The van der Waals surface area contributed by atoms with Gasteiger partial charge in [-0.05, 0) is 13.8 Å². The Morgan fingerprint density at radius 2 is 2.08 bits per heavy atom. The van der Waals surface area contributed by atoms with Gasteiger partial charge in [-0.3, -0.25) is 14.4 Å². The first kappa shape index (κ1) is 20.6. The zero-order chi connectivity index (χ0) is 19.5. The maximum Gasteiger partial charge on any atom is 0.408 e. The van der Waals surface area contributed by atoms with E-state index in [4.69, 9.17) is 4.74 Å². The largest absolute Gasteiger partial charge is 0.408 e. The van der Waals surface area contributed by atoms with E-state index in [2.05, 4.69) is 10.4 Å². The number of alkyl halides is 5. The van der Waals surface area contributed by atoms with Gasteiger partial charge in [0.2, 0.25) is 5.91 Å². The number of aryl methyl sites for hydroxylation is 1. The van der Waals surface area contributed by atoms with Crippen molar-refractivity contribution in [2.75, 3.05) is 32.8 Å². The van der Waals surface area contributed by atoms with Gasteiger partial charge in [0.15, 0.2) is 0 Å². The Bertz CT molecular complexity index is 632. The van der Waals surface area contributed by atoms with Gasteiger partial charge in [0.05, 0.1) is 38.0 Å². The van der Waals surface area contributed by atoms with Gasteiger partial charge in [0.1, 0.15) is 6.54 Å². The smallest absolute Gasteiger partial charge is 0.378 e. The van der Waals surface area contributed by atoms with E-state index in [-0.39, 0.29) is 13.2 Å². The third-order valence-corrected chi connectivity index (χ3v) is 4.14. The van der Waals surface area contributed by atoms with Crippen molar-refractivity contribution >= 4 is 5.91 Å². The van der Waals surface area contributed by atoms with Gasteiger partial charge in [0, 0.05) is 17.8 Å². The topological polar surface area (TPSA) is 59.4 Å². The molecule has 0 radical (unpaired) electrons. The quantitative estimate of drug-likeness (QED) is 0.761. The molecule has 0 aromatic carbocycles. The van der Waals surface area contributed by atoms with Crippen LogP contribution in [0.3, 0.4) is 0 Å². The van der Waals surface area contributed by atoms with Crippen molar-refractivity contribution in [1.82, 2.24) is 20.0 Å². The zero-order valence-corrected chi connectivity index (χ0v) is 14.4. The van der Waals surface area contributed by atoms with E-state index in [1.54, 1.807) is 11.8 Å². The van der Waals surface area contributed by atoms with Crippen LogP contribution in [0.5, 0.6) is 0 Å². The minimum absolute atomic E-state index is 0.149. The first-order chi connectivity index (χ1) is 12.1. The molecule has 1 unspecified atom stereocenters. The highest BCUT2D eigenvalue weighted by atomic mass is 19.4. The number of rotatable bonds is 6. The molecule has 1 aliphatic rings. The van der Waals surface area contributed by atoms with Crippen molar-refractivity contribution in [2.24, 2.45) is 0 Å². The molecular weight excluding hydrogens is 363 g/mol. The second kappa shape index (κ2) is 8.30. The number of hydrogen-bond acceptors (Lipinski definition) is 4. The predicted octanol–water partition coefficient (Wildman–Crippen LogP) is 1.82. The van der Waals surface area contributed by atoms with Gasteiger partial charge in [-0.15, -0.1) is 0 Å². The molecule has 1 saturated heterocycles. The molecular formula is C15H21F5N4O2. The standard InChI is InChI=1S/C15H21F5N4O2/c1-9-14(10(2)24(22-9)8-15(18,19)20)11-7-26-4-3-23(11)6-13(25)21-5-12(16)17/h11-12H,3-8H2,1-2H3,(H,21,25). The lowest BCUT2D eigenvalue weighted by Gasteiger charge is -2.35. The molecule has 1 N–H and O–H groups in total. The normalized spacial score (nSPS) is 19.2. The highest BCUT2D eigenvalue weighted by Crippen LogP contribution is 2.30. The van der Waals surface area contributed by atoms with Gasteiger partial charge in [-0.1, -0.05) is 0 Å². The summed E-state index contributed by atoms with van der Waals surface area (Å²) in [6, 6.07) is -0.469. The van der Waals surface area contributed by atoms with E-state index >= 15 is 0 Å². The SMILES string of the molecule is Cc1nn(CC(F)(F)F)c(C)c1C1COCCN1CC(=O)NCC(F)F. The molecule has 1 fully saturated rings. The number of carbonyl (C=O) groups is 1. The van der Waals surface area contributed by atoms with Crippen LogP contribution >= 0.6 is 0 Å². The Labute approximate surface area is 147 Å². The van der Waals surface area contributed by atoms with E-state index in [1.165, 1.54) is 6.92 Å². The Kier molecular flexibility index (Phi) is 6.56. The molecule has 0 spiro atoms. The maximum absolute atomic E-state index is 12.7. The molecule has 0 bridgehead atoms. The number of amides is 1. The number of nitrogens with zero attached hydrogens (tertiary/aromatic N) is 3. The van der Waals surface area contributed by atoms with Crippen molar-refractivity contribution in [3.63, 3.8) is 0 Å². The molecule has 1 amide bonds. The number of aromatic nitrogens is 2. The van der Waals surface area contributed by atoms with Crippen LogP contribution in [0.2, 0.25) is 0 Å². The summed E-state index contributed by atoms with van der Waals surface area (Å²) >= 11 is 0. The van der Waals surface area contributed by atoms with Crippen molar-refractivity contribution in [3.8, 4) is 0 Å². The lowest BCUT2D eigenvalue weighted by molar-refractivity contribution is -0.143. The lowest BCUT2D eigenvalue weighted by Crippen LogP contribution is -2.46. The number of halogens is 5. The highest BCUT2D eigenvalue weighted by molar-refractivity contribution is 5.78. The minimum Gasteiger partial charge on any atom is -0.378 e. The Balaban J connectivity index is 2.17. The Hall–Kier alpha value is -1.75. The van der Waals surface area contributed by atoms with Gasteiger partial charge in [-0.2, -0.15) is 18.3 Å². The summed E-state index contributed by atoms with van der Waals surface area (Å²) < 4.78 is 68.8. The molecule has 0 aliphatic carbocycles. The summed E-state index contributed by atoms with van der Waals surface area (Å²) in [5, 5.41) is 6.08. The van der Waals surface area contributed by atoms with E-state index in [0.29, 0.717) is 30.1 Å². The summed E-state index contributed by atoms with van der Waals surface area (Å²) in [6.45, 7) is 1.91. The van der Waals surface area contributed by atoms with Crippen molar-refractivity contribution in [3.05, 3.63) is 17.0 Å². The molecule has 0 saturated carbocycles. The number of nitrogens with one attached hydrogen (secondary N) is 1. The summed E-state index contributed by atoms with van der Waals surface area (Å²) in [7, 11) is 0. The molecule has 1 aromatic heterocycles. The number of carbonyl (C=O) groups excluding carboxylic acids is 1. The molecule has 2 heterocycles. The maximum atomic E-state index is 12.7. The molecule has 1 aromatic rings. The van der Waals surface area contributed by atoms with Gasteiger partial charge < -0.3 is 10.1 Å². The average Bonchev–Trinajstić information content (AvgIpc) is 2.78. The zero-order valence-electron chi connectivity index (χ0n) is 14.4. The number of ether oxygens (including phenoxy) is 1. The summed E-state index contributed by atoms with van der Waals surface area (Å²) in [5.41, 5.74) is 1.32. The molecule has 1 atom stereocenters. The summed E-state index contributed by atoms with van der Waals surface area (Å²) in [4.78, 5) is 13.6. The van der Waals surface area contributed by atoms with Gasteiger partial charge in [0.25, 0.3) is 6.43 Å². The fourth-order valence-electron chi connectivity index (χ4n) is 3.04. The Morgan fingerprint density at radius 3 is 2.69 bits per heavy atom. The molecule has 148 valence electrons. The average molecular weight is 384 g/mol. The van der Waals surface area contributed by atoms with Crippen LogP contribution in [0.25, 0.3) is 0 Å².